The van der Waals surface area contributed by atoms with Crippen LogP contribution in [0.3, 0.4) is 0 Å². The minimum atomic E-state index is 0.653. The lowest BCUT2D eigenvalue weighted by Crippen LogP contribution is -2.10. The first kappa shape index (κ1) is 31.0. The molecule has 53 heavy (non-hydrogen) atoms. The quantitative estimate of drug-likeness (QED) is 0.166. The van der Waals surface area contributed by atoms with Crippen molar-refractivity contribution in [3.05, 3.63) is 194 Å². The largest absolute Gasteiger partial charge is 0.436 e. The number of benzene rings is 8. The Morgan fingerprint density at radius 1 is 0.377 bits per heavy atom. The monoisotopic (exact) mass is 696 g/mol. The van der Waals surface area contributed by atoms with E-state index in [0.29, 0.717) is 5.89 Å². The lowest BCUT2D eigenvalue weighted by atomic mass is 10.0. The molecule has 0 saturated carbocycles. The number of fused-ring (bicyclic) bond motifs is 4. The second-order valence-corrected chi connectivity index (χ2v) is 14.3. The summed E-state index contributed by atoms with van der Waals surface area (Å²) in [6.45, 7) is 0. The molecule has 10 rings (SSSR count). The van der Waals surface area contributed by atoms with Crippen LogP contribution < -0.4 is 4.90 Å². The van der Waals surface area contributed by atoms with E-state index in [0.717, 1.165) is 33.7 Å². The minimum absolute atomic E-state index is 0.653. The number of hydrogen-bond donors (Lipinski definition) is 0. The molecule has 10 aromatic rings. The van der Waals surface area contributed by atoms with Crippen molar-refractivity contribution in [1.29, 1.82) is 0 Å². The molecule has 3 nitrogen and oxygen atoms in total. The van der Waals surface area contributed by atoms with Crippen LogP contribution in [-0.2, 0) is 0 Å². The van der Waals surface area contributed by atoms with Crippen LogP contribution in [-0.4, -0.2) is 4.98 Å². The molecular weight excluding hydrogens is 665 g/mol. The maximum atomic E-state index is 6.19. The summed E-state index contributed by atoms with van der Waals surface area (Å²) >= 11 is 1.80. The first-order valence-electron chi connectivity index (χ1n) is 17.8. The van der Waals surface area contributed by atoms with E-state index >= 15 is 0 Å². The van der Waals surface area contributed by atoms with Gasteiger partial charge in [-0.3, -0.25) is 0 Å². The Bertz CT molecular complexity index is 2860. The lowest BCUT2D eigenvalue weighted by molar-refractivity contribution is 0.620. The normalized spacial score (nSPS) is 11.4. The fourth-order valence-electron chi connectivity index (χ4n) is 7.22. The van der Waals surface area contributed by atoms with Gasteiger partial charge in [-0.05, 0) is 94.0 Å². The van der Waals surface area contributed by atoms with E-state index < -0.39 is 0 Å². The zero-order valence-electron chi connectivity index (χ0n) is 28.7. The van der Waals surface area contributed by atoms with Gasteiger partial charge in [-0.15, -0.1) is 11.3 Å². The van der Waals surface area contributed by atoms with E-state index in [1.165, 1.54) is 53.6 Å². The summed E-state index contributed by atoms with van der Waals surface area (Å²) in [5.41, 5.74) is 13.1. The van der Waals surface area contributed by atoms with Crippen LogP contribution >= 0.6 is 11.3 Å². The molecule has 0 unspecified atom stereocenters. The molecule has 0 N–H and O–H groups in total. The third-order valence-corrected chi connectivity index (χ3v) is 11.0. The average molecular weight is 697 g/mol. The lowest BCUT2D eigenvalue weighted by Gasteiger charge is -2.26. The Morgan fingerprint density at radius 2 is 0.887 bits per heavy atom. The smallest absolute Gasteiger partial charge is 0.227 e. The van der Waals surface area contributed by atoms with E-state index in [4.69, 9.17) is 9.40 Å². The van der Waals surface area contributed by atoms with Gasteiger partial charge < -0.3 is 9.32 Å². The molecule has 2 aromatic heterocycles. The fourth-order valence-corrected chi connectivity index (χ4v) is 8.38. The summed E-state index contributed by atoms with van der Waals surface area (Å²) in [6.07, 6.45) is 0. The number of hydrogen-bond acceptors (Lipinski definition) is 4. The third kappa shape index (κ3) is 5.85. The molecule has 0 radical (unpaired) electrons. The first-order chi connectivity index (χ1) is 26.2. The number of rotatable bonds is 7. The van der Waals surface area contributed by atoms with Crippen molar-refractivity contribution in [2.24, 2.45) is 0 Å². The van der Waals surface area contributed by atoms with Crippen molar-refractivity contribution in [1.82, 2.24) is 4.98 Å². The van der Waals surface area contributed by atoms with Crippen LogP contribution in [0.15, 0.2) is 199 Å². The Balaban J connectivity index is 1.00. The molecule has 0 saturated heterocycles. The van der Waals surface area contributed by atoms with Crippen molar-refractivity contribution in [2.75, 3.05) is 4.90 Å². The molecule has 0 amide bonds. The van der Waals surface area contributed by atoms with Gasteiger partial charge in [-0.1, -0.05) is 127 Å². The highest BCUT2D eigenvalue weighted by molar-refractivity contribution is 7.25. The maximum Gasteiger partial charge on any atom is 0.227 e. The van der Waals surface area contributed by atoms with E-state index in [1.807, 2.05) is 30.3 Å². The van der Waals surface area contributed by atoms with Crippen LogP contribution in [0.5, 0.6) is 0 Å². The average Bonchev–Trinajstić information content (AvgIpc) is 3.82. The molecule has 250 valence electrons. The molecule has 4 heteroatoms. The highest BCUT2D eigenvalue weighted by Gasteiger charge is 2.16. The van der Waals surface area contributed by atoms with E-state index in [-0.39, 0.29) is 0 Å². The highest BCUT2D eigenvalue weighted by Crippen LogP contribution is 2.41. The summed E-state index contributed by atoms with van der Waals surface area (Å²) in [5.74, 6) is 0.653. The standard InChI is InChI=1S/C49H32N2OS/c1-4-11-33(12-5-1)35-19-24-40(25-20-35)51(42-18-10-17-38(29-42)34-13-6-2-7-14-34)41-26-21-36(22-27-41)39-23-28-43-44-31-45-46(32-48(44)53-47(43)30-39)52-49(50-45)37-15-8-3-9-16-37/h1-32H. The van der Waals surface area contributed by atoms with Crippen molar-refractivity contribution in [2.45, 2.75) is 0 Å². The molecule has 0 spiro atoms. The Kier molecular flexibility index (Phi) is 7.67. The molecule has 0 atom stereocenters. The number of aromatic nitrogens is 1. The Hall–Kier alpha value is -6.75. The van der Waals surface area contributed by atoms with Gasteiger partial charge in [0.05, 0.1) is 0 Å². The molecule has 2 heterocycles. The maximum absolute atomic E-state index is 6.19. The van der Waals surface area contributed by atoms with Crippen LogP contribution in [0.1, 0.15) is 0 Å². The Morgan fingerprint density at radius 3 is 1.55 bits per heavy atom. The molecule has 0 aliphatic carbocycles. The zero-order valence-corrected chi connectivity index (χ0v) is 29.5. The number of anilines is 3. The predicted molar refractivity (Wildman–Crippen MR) is 223 cm³/mol. The van der Waals surface area contributed by atoms with Crippen LogP contribution in [0.25, 0.3) is 76.1 Å². The summed E-state index contributed by atoms with van der Waals surface area (Å²) in [7, 11) is 0. The molecule has 0 aliphatic heterocycles. The zero-order chi connectivity index (χ0) is 35.1. The van der Waals surface area contributed by atoms with E-state index in [1.54, 1.807) is 11.3 Å². The molecule has 8 aromatic carbocycles. The van der Waals surface area contributed by atoms with Gasteiger partial charge in [-0.25, -0.2) is 4.98 Å². The van der Waals surface area contributed by atoms with Crippen LogP contribution in [0, 0.1) is 0 Å². The van der Waals surface area contributed by atoms with Gasteiger partial charge in [0.1, 0.15) is 5.52 Å². The van der Waals surface area contributed by atoms with Crippen LogP contribution in [0.2, 0.25) is 0 Å². The van der Waals surface area contributed by atoms with Crippen molar-refractivity contribution >= 4 is 59.7 Å². The Labute approximate surface area is 311 Å². The van der Waals surface area contributed by atoms with Crippen molar-refractivity contribution in [3.8, 4) is 44.8 Å². The first-order valence-corrected chi connectivity index (χ1v) is 18.6. The summed E-state index contributed by atoms with van der Waals surface area (Å²) < 4.78 is 8.63. The van der Waals surface area contributed by atoms with Gasteiger partial charge >= 0.3 is 0 Å². The highest BCUT2D eigenvalue weighted by atomic mass is 32.1. The van der Waals surface area contributed by atoms with E-state index in [2.05, 4.69) is 169 Å². The number of oxazole rings is 1. The molecule has 0 aliphatic rings. The van der Waals surface area contributed by atoms with Gasteiger partial charge in [0.15, 0.2) is 5.58 Å². The summed E-state index contributed by atoms with van der Waals surface area (Å²) in [5, 5.41) is 2.44. The topological polar surface area (TPSA) is 29.3 Å². The van der Waals surface area contributed by atoms with Gasteiger partial charge in [0, 0.05) is 48.9 Å². The second-order valence-electron chi connectivity index (χ2n) is 13.2. The molecule has 0 fully saturated rings. The minimum Gasteiger partial charge on any atom is -0.436 e. The van der Waals surface area contributed by atoms with Crippen LogP contribution in [0.4, 0.5) is 17.1 Å². The molecular formula is C49H32N2OS. The van der Waals surface area contributed by atoms with Gasteiger partial charge in [0.2, 0.25) is 5.89 Å². The van der Waals surface area contributed by atoms with Crippen molar-refractivity contribution < 1.29 is 4.42 Å². The third-order valence-electron chi connectivity index (χ3n) is 9.91. The predicted octanol–water partition coefficient (Wildman–Crippen LogP) is 14.3. The molecule has 0 bridgehead atoms. The fraction of sp³-hybridized carbons (Fsp3) is 0. The SMILES string of the molecule is c1ccc(-c2ccc(N(c3ccc(-c4ccc5c(c4)sc4cc6oc(-c7ccccc7)nc6cc45)cc3)c3cccc(-c4ccccc4)c3)cc2)cc1. The number of thiophene rings is 1. The summed E-state index contributed by atoms with van der Waals surface area (Å²) in [4.78, 5) is 7.16. The van der Waals surface area contributed by atoms with Gasteiger partial charge in [0.25, 0.3) is 0 Å². The second kappa shape index (κ2) is 13.1. The van der Waals surface area contributed by atoms with E-state index in [9.17, 15) is 0 Å². The van der Waals surface area contributed by atoms with Crippen molar-refractivity contribution in [3.63, 3.8) is 0 Å². The summed E-state index contributed by atoms with van der Waals surface area (Å²) in [6, 6.07) is 68.9. The van der Waals surface area contributed by atoms with Gasteiger partial charge in [-0.2, -0.15) is 0 Å². The number of nitrogens with zero attached hydrogens (tertiary/aromatic N) is 2.